The maximum absolute atomic E-state index is 13.3. The topological polar surface area (TPSA) is 191 Å². The van der Waals surface area contributed by atoms with Gasteiger partial charge in [-0.25, -0.2) is 0 Å². The van der Waals surface area contributed by atoms with Gasteiger partial charge in [0.15, 0.2) is 0 Å². The summed E-state index contributed by atoms with van der Waals surface area (Å²) >= 11 is 0. The van der Waals surface area contributed by atoms with Crippen LogP contribution in [0.2, 0.25) is 0 Å². The number of carbonyl (C=O) groups is 4. The van der Waals surface area contributed by atoms with Gasteiger partial charge >= 0.3 is 0 Å². The Hall–Kier alpha value is -3.88. The lowest BCUT2D eigenvalue weighted by atomic mass is 10.2. The van der Waals surface area contributed by atoms with Crippen LogP contribution in [-0.4, -0.2) is 101 Å². The van der Waals surface area contributed by atoms with Crippen molar-refractivity contribution in [1.82, 2.24) is 44.7 Å². The van der Waals surface area contributed by atoms with Crippen LogP contribution in [0.15, 0.2) is 12.4 Å². The molecule has 0 aliphatic heterocycles. The monoisotopic (exact) mass is 505 g/mol. The van der Waals surface area contributed by atoms with Crippen molar-refractivity contribution in [3.8, 4) is 0 Å². The molecule has 2 aromatic heterocycles. The van der Waals surface area contributed by atoms with Crippen LogP contribution in [0.1, 0.15) is 38.1 Å². The SMILES string of the molecule is CCCN(CC(=O)N(CC(N)=O)Cc1cn(C)nn1)C(=O)CN(Cc1cn(C)nn1)C(=O)C(N)CC. The molecule has 0 bridgehead atoms. The normalized spacial score (nSPS) is 11.7. The fourth-order valence-electron chi connectivity index (χ4n) is 3.46. The number of primary amides is 1. The Morgan fingerprint density at radius 1 is 0.861 bits per heavy atom. The van der Waals surface area contributed by atoms with Gasteiger partial charge in [-0.15, -0.1) is 10.2 Å². The van der Waals surface area contributed by atoms with Crippen LogP contribution in [0.4, 0.5) is 0 Å². The molecule has 0 saturated heterocycles. The third-order valence-corrected chi connectivity index (χ3v) is 5.27. The summed E-state index contributed by atoms with van der Waals surface area (Å²) in [4.78, 5) is 54.7. The second-order valence-corrected chi connectivity index (χ2v) is 8.51. The van der Waals surface area contributed by atoms with Crippen LogP contribution in [0.3, 0.4) is 0 Å². The van der Waals surface area contributed by atoms with Crippen LogP contribution in [0.25, 0.3) is 0 Å². The number of amides is 4. The van der Waals surface area contributed by atoms with E-state index in [0.29, 0.717) is 24.2 Å². The molecule has 0 saturated carbocycles. The maximum Gasteiger partial charge on any atom is 0.243 e. The van der Waals surface area contributed by atoms with E-state index >= 15 is 0 Å². The highest BCUT2D eigenvalue weighted by molar-refractivity contribution is 5.90. The summed E-state index contributed by atoms with van der Waals surface area (Å²) in [6.07, 6.45) is 4.23. The molecule has 4 amide bonds. The number of aryl methyl sites for hydroxylation is 2. The van der Waals surface area contributed by atoms with Gasteiger partial charge in [-0.3, -0.25) is 28.5 Å². The van der Waals surface area contributed by atoms with Crippen LogP contribution in [0, 0.1) is 0 Å². The molecule has 0 fully saturated rings. The van der Waals surface area contributed by atoms with E-state index in [9.17, 15) is 19.2 Å². The van der Waals surface area contributed by atoms with Crippen molar-refractivity contribution in [2.45, 2.75) is 45.8 Å². The van der Waals surface area contributed by atoms with Gasteiger partial charge in [-0.2, -0.15) is 0 Å². The lowest BCUT2D eigenvalue weighted by Crippen LogP contribution is -2.50. The summed E-state index contributed by atoms with van der Waals surface area (Å²) in [5, 5.41) is 15.6. The lowest BCUT2D eigenvalue weighted by molar-refractivity contribution is -0.145. The first-order valence-corrected chi connectivity index (χ1v) is 11.6. The summed E-state index contributed by atoms with van der Waals surface area (Å²) in [6.45, 7) is 3.02. The van der Waals surface area contributed by atoms with E-state index in [1.54, 1.807) is 33.4 Å². The Kier molecular flexibility index (Phi) is 10.5. The van der Waals surface area contributed by atoms with E-state index in [2.05, 4.69) is 20.6 Å². The first-order valence-electron chi connectivity index (χ1n) is 11.6. The van der Waals surface area contributed by atoms with E-state index in [-0.39, 0.29) is 39.3 Å². The molecule has 2 aromatic rings. The van der Waals surface area contributed by atoms with E-state index in [4.69, 9.17) is 11.5 Å². The van der Waals surface area contributed by atoms with Crippen LogP contribution < -0.4 is 11.5 Å². The van der Waals surface area contributed by atoms with Crippen LogP contribution in [0.5, 0.6) is 0 Å². The molecule has 36 heavy (non-hydrogen) atoms. The Labute approximate surface area is 209 Å². The molecule has 198 valence electrons. The van der Waals surface area contributed by atoms with Gasteiger partial charge in [-0.1, -0.05) is 24.3 Å². The Balaban J connectivity index is 2.17. The van der Waals surface area contributed by atoms with E-state index in [0.717, 1.165) is 0 Å². The van der Waals surface area contributed by atoms with Crippen molar-refractivity contribution in [3.63, 3.8) is 0 Å². The molecule has 2 rings (SSSR count). The molecule has 0 aliphatic carbocycles. The Morgan fingerprint density at radius 3 is 1.81 bits per heavy atom. The molecule has 4 N–H and O–H groups in total. The fourth-order valence-corrected chi connectivity index (χ4v) is 3.46. The van der Waals surface area contributed by atoms with Crippen molar-refractivity contribution < 1.29 is 19.2 Å². The van der Waals surface area contributed by atoms with Gasteiger partial charge < -0.3 is 26.2 Å². The zero-order valence-corrected chi connectivity index (χ0v) is 21.2. The number of rotatable bonds is 14. The molecule has 0 radical (unpaired) electrons. The van der Waals surface area contributed by atoms with Gasteiger partial charge in [0.2, 0.25) is 23.6 Å². The average molecular weight is 506 g/mol. The Morgan fingerprint density at radius 2 is 1.36 bits per heavy atom. The summed E-state index contributed by atoms with van der Waals surface area (Å²) < 4.78 is 2.96. The minimum Gasteiger partial charge on any atom is -0.368 e. The van der Waals surface area contributed by atoms with Crippen molar-refractivity contribution in [1.29, 1.82) is 0 Å². The quantitative estimate of drug-likeness (QED) is 0.286. The highest BCUT2D eigenvalue weighted by Gasteiger charge is 2.28. The van der Waals surface area contributed by atoms with Crippen molar-refractivity contribution in [3.05, 3.63) is 23.8 Å². The second-order valence-electron chi connectivity index (χ2n) is 8.51. The van der Waals surface area contributed by atoms with Gasteiger partial charge in [0.05, 0.1) is 32.2 Å². The van der Waals surface area contributed by atoms with E-state index in [1.165, 1.54) is 24.1 Å². The summed E-state index contributed by atoms with van der Waals surface area (Å²) in [7, 11) is 3.37. The minimum atomic E-state index is -0.784. The highest BCUT2D eigenvalue weighted by atomic mass is 16.2. The van der Waals surface area contributed by atoms with Crippen molar-refractivity contribution in [2.75, 3.05) is 26.2 Å². The third-order valence-electron chi connectivity index (χ3n) is 5.27. The van der Waals surface area contributed by atoms with Crippen LogP contribution in [-0.2, 0) is 46.4 Å². The predicted molar refractivity (Wildman–Crippen MR) is 127 cm³/mol. The molecule has 0 aromatic carbocycles. The zero-order valence-electron chi connectivity index (χ0n) is 21.2. The zero-order chi connectivity index (χ0) is 26.8. The molecule has 0 aliphatic rings. The number of hydrogen-bond acceptors (Lipinski definition) is 9. The fraction of sp³-hybridized carbons (Fsp3) is 0.619. The predicted octanol–water partition coefficient (Wildman–Crippen LogP) is -2.24. The lowest BCUT2D eigenvalue weighted by Gasteiger charge is -2.29. The molecule has 15 nitrogen and oxygen atoms in total. The number of hydrogen-bond donors (Lipinski definition) is 2. The number of nitrogens with zero attached hydrogens (tertiary/aromatic N) is 9. The molecular formula is C21H35N11O4. The van der Waals surface area contributed by atoms with Crippen molar-refractivity contribution in [2.24, 2.45) is 25.6 Å². The van der Waals surface area contributed by atoms with Gasteiger partial charge in [0.25, 0.3) is 0 Å². The minimum absolute atomic E-state index is 0.00636. The largest absolute Gasteiger partial charge is 0.368 e. The molecule has 2 heterocycles. The summed E-state index contributed by atoms with van der Waals surface area (Å²) in [5.74, 6) is -2.03. The smallest absolute Gasteiger partial charge is 0.243 e. The standard InChI is InChI=1S/C21H35N11O4/c1-5-7-30(13-20(35)31(12-18(23)33)10-15-8-28(3)26-24-15)19(34)14-32(21(36)17(22)6-2)11-16-9-29(4)27-25-16/h8-9,17H,5-7,10-14,22H2,1-4H3,(H2,23,33). The van der Waals surface area contributed by atoms with Gasteiger partial charge in [0.1, 0.15) is 17.9 Å². The average Bonchev–Trinajstić information content (AvgIpc) is 3.43. The first-order chi connectivity index (χ1) is 17.0. The van der Waals surface area contributed by atoms with Gasteiger partial charge in [-0.05, 0) is 12.8 Å². The first kappa shape index (κ1) is 28.4. The molecule has 1 atom stereocenters. The molecule has 0 spiro atoms. The summed E-state index contributed by atoms with van der Waals surface area (Å²) in [5.41, 5.74) is 12.2. The van der Waals surface area contributed by atoms with E-state index in [1.807, 2.05) is 6.92 Å². The van der Waals surface area contributed by atoms with Gasteiger partial charge in [0, 0.05) is 33.0 Å². The molecule has 15 heteroatoms. The third kappa shape index (κ3) is 8.41. The number of aromatic nitrogens is 6. The molecule has 1 unspecified atom stereocenters. The molecular weight excluding hydrogens is 470 g/mol. The van der Waals surface area contributed by atoms with E-state index < -0.39 is 29.7 Å². The highest BCUT2D eigenvalue weighted by Crippen LogP contribution is 2.08. The van der Waals surface area contributed by atoms with Crippen LogP contribution >= 0.6 is 0 Å². The maximum atomic E-state index is 13.3. The number of nitrogens with two attached hydrogens (primary N) is 2. The number of carbonyl (C=O) groups excluding carboxylic acids is 4. The second kappa shape index (κ2) is 13.3. The van der Waals surface area contributed by atoms with Crippen molar-refractivity contribution >= 4 is 23.6 Å². The Bertz CT molecular complexity index is 1050. The summed E-state index contributed by atoms with van der Waals surface area (Å²) in [6, 6.07) is -0.784.